The van der Waals surface area contributed by atoms with Gasteiger partial charge < -0.3 is 5.32 Å². The first kappa shape index (κ1) is 17.4. The Morgan fingerprint density at radius 1 is 1.11 bits per heavy atom. The van der Waals surface area contributed by atoms with Gasteiger partial charge in [0.05, 0.1) is 0 Å². The highest BCUT2D eigenvalue weighted by atomic mass is 32.2. The molecule has 1 aliphatic rings. The van der Waals surface area contributed by atoms with Gasteiger partial charge in [0.25, 0.3) is 0 Å². The first-order valence-corrected chi connectivity index (χ1v) is 9.38. The summed E-state index contributed by atoms with van der Waals surface area (Å²) in [6, 6.07) is 0.759. The standard InChI is InChI=1S/C17H35NS/c1-6-8-9-12-19-16-13-14(17(3,4)5)10-11-15(16)18-7-2/h14-16,18H,6-13H2,1-5H3. The average Bonchev–Trinajstić information content (AvgIpc) is 2.35. The van der Waals surface area contributed by atoms with Crippen molar-refractivity contribution in [1.82, 2.24) is 5.32 Å². The Morgan fingerprint density at radius 3 is 2.42 bits per heavy atom. The van der Waals surface area contributed by atoms with Crippen LogP contribution < -0.4 is 5.32 Å². The molecule has 0 aromatic carbocycles. The van der Waals surface area contributed by atoms with E-state index in [4.69, 9.17) is 0 Å². The highest BCUT2D eigenvalue weighted by molar-refractivity contribution is 7.99. The summed E-state index contributed by atoms with van der Waals surface area (Å²) in [5, 5.41) is 4.57. The number of unbranched alkanes of at least 4 members (excludes halogenated alkanes) is 2. The van der Waals surface area contributed by atoms with E-state index in [1.807, 2.05) is 0 Å². The molecule has 0 aromatic rings. The van der Waals surface area contributed by atoms with Gasteiger partial charge in [-0.25, -0.2) is 0 Å². The number of rotatable bonds is 7. The van der Waals surface area contributed by atoms with Crippen molar-refractivity contribution < 1.29 is 0 Å². The summed E-state index contributed by atoms with van der Waals surface area (Å²) in [6.45, 7) is 12.9. The van der Waals surface area contributed by atoms with Crippen molar-refractivity contribution in [2.75, 3.05) is 12.3 Å². The van der Waals surface area contributed by atoms with Crippen molar-refractivity contribution in [2.45, 2.75) is 84.4 Å². The minimum absolute atomic E-state index is 0.486. The monoisotopic (exact) mass is 285 g/mol. The van der Waals surface area contributed by atoms with E-state index in [0.717, 1.165) is 23.8 Å². The van der Waals surface area contributed by atoms with Crippen LogP contribution in [0, 0.1) is 11.3 Å². The molecule has 0 aliphatic heterocycles. The van der Waals surface area contributed by atoms with Crippen LogP contribution in [0.4, 0.5) is 0 Å². The summed E-state index contributed by atoms with van der Waals surface area (Å²) in [7, 11) is 0. The Labute approximate surface area is 125 Å². The van der Waals surface area contributed by atoms with Gasteiger partial charge in [0.2, 0.25) is 0 Å². The number of thioether (sulfide) groups is 1. The maximum Gasteiger partial charge on any atom is 0.0204 e. The fourth-order valence-corrected chi connectivity index (χ4v) is 4.69. The number of hydrogen-bond acceptors (Lipinski definition) is 2. The van der Waals surface area contributed by atoms with Crippen molar-refractivity contribution in [2.24, 2.45) is 11.3 Å². The third kappa shape index (κ3) is 6.08. The lowest BCUT2D eigenvalue weighted by Gasteiger charge is -2.42. The van der Waals surface area contributed by atoms with E-state index in [1.165, 1.54) is 44.3 Å². The second-order valence-corrected chi connectivity index (χ2v) is 8.50. The molecule has 3 unspecified atom stereocenters. The first-order valence-electron chi connectivity index (χ1n) is 8.34. The van der Waals surface area contributed by atoms with Crippen LogP contribution >= 0.6 is 11.8 Å². The van der Waals surface area contributed by atoms with Crippen molar-refractivity contribution in [3.63, 3.8) is 0 Å². The Morgan fingerprint density at radius 2 is 1.84 bits per heavy atom. The molecule has 3 atom stereocenters. The van der Waals surface area contributed by atoms with Gasteiger partial charge >= 0.3 is 0 Å². The largest absolute Gasteiger partial charge is 0.313 e. The molecule has 0 spiro atoms. The molecule has 0 aromatic heterocycles. The van der Waals surface area contributed by atoms with E-state index < -0.39 is 0 Å². The zero-order valence-electron chi connectivity index (χ0n) is 13.8. The maximum atomic E-state index is 3.73. The fourth-order valence-electron chi connectivity index (χ4n) is 3.18. The second kappa shape index (κ2) is 8.56. The zero-order valence-corrected chi connectivity index (χ0v) is 14.6. The van der Waals surface area contributed by atoms with Gasteiger partial charge in [0, 0.05) is 11.3 Å². The minimum atomic E-state index is 0.486. The molecule has 1 saturated carbocycles. The molecule has 1 aliphatic carbocycles. The first-order chi connectivity index (χ1) is 8.99. The molecule has 0 radical (unpaired) electrons. The Kier molecular flexibility index (Phi) is 7.83. The van der Waals surface area contributed by atoms with Gasteiger partial charge in [-0.3, -0.25) is 0 Å². The van der Waals surface area contributed by atoms with Crippen LogP contribution in [0.25, 0.3) is 0 Å². The molecule has 0 bridgehead atoms. The summed E-state index contributed by atoms with van der Waals surface area (Å²) in [6.07, 6.45) is 8.34. The van der Waals surface area contributed by atoms with Gasteiger partial charge in [0.1, 0.15) is 0 Å². The van der Waals surface area contributed by atoms with Crippen LogP contribution in [0.2, 0.25) is 0 Å². The summed E-state index contributed by atoms with van der Waals surface area (Å²) >= 11 is 2.24. The van der Waals surface area contributed by atoms with Crippen molar-refractivity contribution in [1.29, 1.82) is 0 Å². The van der Waals surface area contributed by atoms with Crippen molar-refractivity contribution in [3.05, 3.63) is 0 Å². The van der Waals surface area contributed by atoms with Crippen molar-refractivity contribution >= 4 is 11.8 Å². The molecule has 1 nitrogen and oxygen atoms in total. The van der Waals surface area contributed by atoms with Crippen LogP contribution in [0.5, 0.6) is 0 Å². The average molecular weight is 286 g/mol. The van der Waals surface area contributed by atoms with Gasteiger partial charge in [-0.15, -0.1) is 0 Å². The molecule has 0 heterocycles. The van der Waals surface area contributed by atoms with Gasteiger partial charge in [-0.2, -0.15) is 11.8 Å². The Balaban J connectivity index is 2.48. The van der Waals surface area contributed by atoms with E-state index in [9.17, 15) is 0 Å². The molecule has 1 rings (SSSR count). The predicted octanol–water partition coefficient (Wildman–Crippen LogP) is 5.10. The lowest BCUT2D eigenvalue weighted by molar-refractivity contribution is 0.165. The third-order valence-electron chi connectivity index (χ3n) is 4.56. The molecule has 2 heteroatoms. The molecular weight excluding hydrogens is 250 g/mol. The normalized spacial score (nSPS) is 28.6. The van der Waals surface area contributed by atoms with Crippen LogP contribution in [0.15, 0.2) is 0 Å². The van der Waals surface area contributed by atoms with Crippen molar-refractivity contribution in [3.8, 4) is 0 Å². The molecule has 1 N–H and O–H groups in total. The topological polar surface area (TPSA) is 12.0 Å². The van der Waals surface area contributed by atoms with Crippen LogP contribution in [-0.4, -0.2) is 23.6 Å². The highest BCUT2D eigenvalue weighted by Crippen LogP contribution is 2.41. The summed E-state index contributed by atoms with van der Waals surface area (Å²) in [5.74, 6) is 2.27. The Hall–Kier alpha value is 0.310. The van der Waals surface area contributed by atoms with Crippen LogP contribution in [-0.2, 0) is 0 Å². The van der Waals surface area contributed by atoms with Gasteiger partial charge in [-0.05, 0) is 49.3 Å². The van der Waals surface area contributed by atoms with E-state index in [-0.39, 0.29) is 0 Å². The number of nitrogens with one attached hydrogen (secondary N) is 1. The third-order valence-corrected chi connectivity index (χ3v) is 6.04. The van der Waals surface area contributed by atoms with E-state index >= 15 is 0 Å². The molecule has 0 saturated heterocycles. The SMILES string of the molecule is CCCCCSC1CC(C(C)(C)C)CCC1NCC. The number of hydrogen-bond donors (Lipinski definition) is 1. The van der Waals surface area contributed by atoms with E-state index in [1.54, 1.807) is 0 Å². The van der Waals surface area contributed by atoms with E-state index in [0.29, 0.717) is 5.41 Å². The molecule has 1 fully saturated rings. The highest BCUT2D eigenvalue weighted by Gasteiger charge is 2.35. The smallest absolute Gasteiger partial charge is 0.0204 e. The molecular formula is C17H35NS. The quantitative estimate of drug-likeness (QED) is 0.653. The van der Waals surface area contributed by atoms with Crippen LogP contribution in [0.3, 0.4) is 0 Å². The lowest BCUT2D eigenvalue weighted by Crippen LogP contribution is -2.44. The predicted molar refractivity (Wildman–Crippen MR) is 90.0 cm³/mol. The summed E-state index contributed by atoms with van der Waals surface area (Å²) in [5.41, 5.74) is 0.486. The van der Waals surface area contributed by atoms with Gasteiger partial charge in [-0.1, -0.05) is 47.5 Å². The summed E-state index contributed by atoms with van der Waals surface area (Å²) in [4.78, 5) is 0. The molecule has 19 heavy (non-hydrogen) atoms. The van der Waals surface area contributed by atoms with E-state index in [2.05, 4.69) is 51.7 Å². The molecule has 114 valence electrons. The second-order valence-electron chi connectivity index (χ2n) is 7.16. The zero-order chi connectivity index (χ0) is 14.3. The summed E-state index contributed by atoms with van der Waals surface area (Å²) < 4.78 is 0. The Bertz CT molecular complexity index is 234. The van der Waals surface area contributed by atoms with Crippen LogP contribution in [0.1, 0.15) is 73.1 Å². The fraction of sp³-hybridized carbons (Fsp3) is 1.00. The van der Waals surface area contributed by atoms with Gasteiger partial charge in [0.15, 0.2) is 0 Å². The molecule has 0 amide bonds. The maximum absolute atomic E-state index is 3.73. The minimum Gasteiger partial charge on any atom is -0.313 e. The lowest BCUT2D eigenvalue weighted by atomic mass is 9.71.